The van der Waals surface area contributed by atoms with Gasteiger partial charge in [0.25, 0.3) is 0 Å². The average Bonchev–Trinajstić information content (AvgIpc) is 2.37. The molecule has 1 heterocycles. The summed E-state index contributed by atoms with van der Waals surface area (Å²) in [5.74, 6) is 0.607. The van der Waals surface area contributed by atoms with Gasteiger partial charge in [-0.1, -0.05) is 0 Å². The minimum Gasteiger partial charge on any atom is -0.497 e. The molecule has 1 N–H and O–H groups in total. The van der Waals surface area contributed by atoms with Gasteiger partial charge in [-0.3, -0.25) is 0 Å². The number of ether oxygens (including phenoxy) is 2. The number of fused-ring (bicyclic) bond motifs is 1. The van der Waals surface area contributed by atoms with Crippen molar-refractivity contribution in [2.75, 3.05) is 19.0 Å². The maximum absolute atomic E-state index is 12.9. The zero-order valence-electron chi connectivity index (χ0n) is 10.8. The van der Waals surface area contributed by atoms with Crippen LogP contribution in [0.5, 0.6) is 5.75 Å². The lowest BCUT2D eigenvalue weighted by atomic mass is 9.94. The SMILES string of the molecule is CCO[C@H]1C[C@@H](C(F)(F)F)Nc2ccc(OC)cc21. The van der Waals surface area contributed by atoms with Crippen LogP contribution in [-0.2, 0) is 4.74 Å². The summed E-state index contributed by atoms with van der Waals surface area (Å²) >= 11 is 0. The molecule has 0 radical (unpaired) electrons. The summed E-state index contributed by atoms with van der Waals surface area (Å²) in [6.07, 6.45) is -4.98. The predicted octanol–water partition coefficient (Wildman–Crippen LogP) is 3.52. The van der Waals surface area contributed by atoms with Gasteiger partial charge in [0.2, 0.25) is 0 Å². The third kappa shape index (κ3) is 2.94. The fraction of sp³-hybridized carbons (Fsp3) is 0.538. The molecule has 2 rings (SSSR count). The highest BCUT2D eigenvalue weighted by Gasteiger charge is 2.44. The summed E-state index contributed by atoms with van der Waals surface area (Å²) in [6, 6.07) is 3.37. The minimum atomic E-state index is -4.28. The second-order valence-corrected chi connectivity index (χ2v) is 4.37. The second kappa shape index (κ2) is 5.28. The Kier molecular flexibility index (Phi) is 3.89. The van der Waals surface area contributed by atoms with E-state index in [9.17, 15) is 13.2 Å². The van der Waals surface area contributed by atoms with Crippen LogP contribution in [-0.4, -0.2) is 25.9 Å². The maximum atomic E-state index is 12.9. The smallest absolute Gasteiger partial charge is 0.408 e. The van der Waals surface area contributed by atoms with Crippen molar-refractivity contribution >= 4 is 5.69 Å². The van der Waals surface area contributed by atoms with Crippen LogP contribution in [0.4, 0.5) is 18.9 Å². The van der Waals surface area contributed by atoms with E-state index in [1.165, 1.54) is 7.11 Å². The molecule has 1 aromatic rings. The maximum Gasteiger partial charge on any atom is 0.408 e. The van der Waals surface area contributed by atoms with E-state index in [0.717, 1.165) is 0 Å². The van der Waals surface area contributed by atoms with Gasteiger partial charge >= 0.3 is 6.18 Å². The Labute approximate surface area is 109 Å². The van der Waals surface area contributed by atoms with Gasteiger partial charge in [-0.2, -0.15) is 13.2 Å². The van der Waals surface area contributed by atoms with Crippen molar-refractivity contribution in [1.29, 1.82) is 0 Å². The minimum absolute atomic E-state index is 0.127. The molecular formula is C13H16F3NO2. The number of hydrogen-bond donors (Lipinski definition) is 1. The molecule has 106 valence electrons. The quantitative estimate of drug-likeness (QED) is 0.915. The lowest BCUT2D eigenvalue weighted by molar-refractivity contribution is -0.152. The Balaban J connectivity index is 2.34. The zero-order chi connectivity index (χ0) is 14.0. The largest absolute Gasteiger partial charge is 0.497 e. The van der Waals surface area contributed by atoms with Crippen LogP contribution in [0.15, 0.2) is 18.2 Å². The normalized spacial score (nSPS) is 22.6. The molecule has 0 unspecified atom stereocenters. The van der Waals surface area contributed by atoms with E-state index in [-0.39, 0.29) is 6.42 Å². The lowest BCUT2D eigenvalue weighted by Gasteiger charge is -2.34. The van der Waals surface area contributed by atoms with Crippen LogP contribution in [0.3, 0.4) is 0 Å². The Morgan fingerprint density at radius 3 is 2.68 bits per heavy atom. The lowest BCUT2D eigenvalue weighted by Crippen LogP contribution is -2.41. The first kappa shape index (κ1) is 14.0. The summed E-state index contributed by atoms with van der Waals surface area (Å²) in [4.78, 5) is 0. The van der Waals surface area contributed by atoms with E-state index in [1.54, 1.807) is 25.1 Å². The van der Waals surface area contributed by atoms with Crippen molar-refractivity contribution in [3.8, 4) is 5.75 Å². The molecule has 0 fully saturated rings. The van der Waals surface area contributed by atoms with Crippen molar-refractivity contribution in [3.05, 3.63) is 23.8 Å². The number of hydrogen-bond acceptors (Lipinski definition) is 3. The molecule has 6 heteroatoms. The summed E-state index contributed by atoms with van der Waals surface area (Å²) in [5.41, 5.74) is 1.16. The molecule has 0 aromatic heterocycles. The third-order valence-corrected chi connectivity index (χ3v) is 3.15. The highest BCUT2D eigenvalue weighted by molar-refractivity contribution is 5.58. The predicted molar refractivity (Wildman–Crippen MR) is 65.4 cm³/mol. The second-order valence-electron chi connectivity index (χ2n) is 4.37. The first-order valence-electron chi connectivity index (χ1n) is 6.08. The van der Waals surface area contributed by atoms with E-state index in [0.29, 0.717) is 23.6 Å². The fourth-order valence-electron chi connectivity index (χ4n) is 2.23. The standard InChI is InChI=1S/C13H16F3NO2/c1-3-19-11-7-12(13(14,15)16)17-10-5-4-8(18-2)6-9(10)11/h4-6,11-12,17H,3,7H2,1-2H3/t11-,12-/m0/s1. The van der Waals surface area contributed by atoms with Gasteiger partial charge in [-0.05, 0) is 25.1 Å². The van der Waals surface area contributed by atoms with E-state index >= 15 is 0 Å². The van der Waals surface area contributed by atoms with Crippen molar-refractivity contribution in [2.24, 2.45) is 0 Å². The van der Waals surface area contributed by atoms with Crippen LogP contribution in [0.2, 0.25) is 0 Å². The van der Waals surface area contributed by atoms with E-state index < -0.39 is 18.3 Å². The molecular weight excluding hydrogens is 259 g/mol. The number of benzene rings is 1. The van der Waals surface area contributed by atoms with E-state index in [4.69, 9.17) is 9.47 Å². The Morgan fingerprint density at radius 1 is 1.37 bits per heavy atom. The highest BCUT2D eigenvalue weighted by atomic mass is 19.4. The van der Waals surface area contributed by atoms with Gasteiger partial charge in [0.15, 0.2) is 0 Å². The first-order valence-corrected chi connectivity index (χ1v) is 6.08. The van der Waals surface area contributed by atoms with Crippen LogP contribution in [0.25, 0.3) is 0 Å². The summed E-state index contributed by atoms with van der Waals surface area (Å²) in [6.45, 7) is 2.14. The number of alkyl halides is 3. The number of rotatable bonds is 3. The number of methoxy groups -OCH3 is 1. The third-order valence-electron chi connectivity index (χ3n) is 3.15. The van der Waals surface area contributed by atoms with E-state index in [1.807, 2.05) is 0 Å². The van der Waals surface area contributed by atoms with Gasteiger partial charge in [0.05, 0.1) is 13.2 Å². The molecule has 2 atom stereocenters. The summed E-state index contributed by atoms with van der Waals surface area (Å²) < 4.78 is 49.1. The number of anilines is 1. The summed E-state index contributed by atoms with van der Waals surface area (Å²) in [7, 11) is 1.52. The number of nitrogens with one attached hydrogen (secondary N) is 1. The molecule has 3 nitrogen and oxygen atoms in total. The molecule has 0 amide bonds. The van der Waals surface area contributed by atoms with Crippen molar-refractivity contribution < 1.29 is 22.6 Å². The van der Waals surface area contributed by atoms with Crippen LogP contribution in [0.1, 0.15) is 25.0 Å². The molecule has 0 spiro atoms. The Morgan fingerprint density at radius 2 is 2.11 bits per heavy atom. The Hall–Kier alpha value is -1.43. The molecule has 19 heavy (non-hydrogen) atoms. The molecule has 0 saturated heterocycles. The monoisotopic (exact) mass is 275 g/mol. The number of halogens is 3. The van der Waals surface area contributed by atoms with Gasteiger partial charge in [0, 0.05) is 24.3 Å². The summed E-state index contributed by atoms with van der Waals surface area (Å²) in [5, 5.41) is 2.52. The molecule has 1 aliphatic heterocycles. The molecule has 1 aliphatic rings. The van der Waals surface area contributed by atoms with Crippen LogP contribution < -0.4 is 10.1 Å². The first-order chi connectivity index (χ1) is 8.95. The molecule has 0 saturated carbocycles. The van der Waals surface area contributed by atoms with Crippen molar-refractivity contribution in [2.45, 2.75) is 31.7 Å². The van der Waals surface area contributed by atoms with Gasteiger partial charge in [0.1, 0.15) is 11.8 Å². The molecule has 1 aromatic carbocycles. The van der Waals surface area contributed by atoms with Crippen LogP contribution >= 0.6 is 0 Å². The molecule has 0 aliphatic carbocycles. The zero-order valence-corrected chi connectivity index (χ0v) is 10.8. The van der Waals surface area contributed by atoms with Crippen molar-refractivity contribution in [1.82, 2.24) is 0 Å². The van der Waals surface area contributed by atoms with Gasteiger partial charge in [-0.25, -0.2) is 0 Å². The van der Waals surface area contributed by atoms with Crippen molar-refractivity contribution in [3.63, 3.8) is 0 Å². The van der Waals surface area contributed by atoms with Gasteiger partial charge in [-0.15, -0.1) is 0 Å². The Bertz CT molecular complexity index is 448. The topological polar surface area (TPSA) is 30.5 Å². The molecule has 0 bridgehead atoms. The van der Waals surface area contributed by atoms with E-state index in [2.05, 4.69) is 5.32 Å². The van der Waals surface area contributed by atoms with Crippen LogP contribution in [0, 0.1) is 0 Å². The fourth-order valence-corrected chi connectivity index (χ4v) is 2.23. The van der Waals surface area contributed by atoms with Gasteiger partial charge < -0.3 is 14.8 Å². The highest BCUT2D eigenvalue weighted by Crippen LogP contribution is 2.41. The average molecular weight is 275 g/mol.